The monoisotopic (exact) mass is 433 g/mol. The van der Waals surface area contributed by atoms with Crippen LogP contribution in [0.4, 0.5) is 0 Å². The molecule has 4 aliphatic heterocycles. The minimum atomic E-state index is -0.0179. The molecular weight excluding hydrogens is 398 g/mol. The van der Waals surface area contributed by atoms with E-state index in [2.05, 4.69) is 62.6 Å². The Morgan fingerprint density at radius 1 is 1.28 bits per heavy atom. The van der Waals surface area contributed by atoms with Crippen LogP contribution in [0.15, 0.2) is 48.0 Å². The van der Waals surface area contributed by atoms with E-state index >= 15 is 0 Å². The van der Waals surface area contributed by atoms with Crippen LogP contribution in [0.2, 0.25) is 0 Å². The lowest BCUT2D eigenvalue weighted by atomic mass is 9.73. The van der Waals surface area contributed by atoms with E-state index in [1.165, 1.54) is 12.0 Å². The van der Waals surface area contributed by atoms with Crippen LogP contribution in [-0.2, 0) is 9.47 Å². The maximum Gasteiger partial charge on any atom is 0.235 e. The Balaban J connectivity index is 1.55. The molecule has 2 bridgehead atoms. The molecule has 32 heavy (non-hydrogen) atoms. The lowest BCUT2D eigenvalue weighted by Crippen LogP contribution is -2.55. The third kappa shape index (κ3) is 3.75. The molecule has 5 heterocycles. The summed E-state index contributed by atoms with van der Waals surface area (Å²) in [6.45, 7) is 13.5. The summed E-state index contributed by atoms with van der Waals surface area (Å²) in [6, 6.07) is 11.0. The molecule has 0 amide bonds. The van der Waals surface area contributed by atoms with Gasteiger partial charge in [0, 0.05) is 25.1 Å². The van der Waals surface area contributed by atoms with Gasteiger partial charge in [-0.25, -0.2) is 9.98 Å². The van der Waals surface area contributed by atoms with E-state index in [1.807, 2.05) is 13.2 Å². The van der Waals surface area contributed by atoms with Crippen molar-refractivity contribution in [3.05, 3.63) is 54.2 Å². The molecule has 0 N–H and O–H groups in total. The molecule has 5 nitrogen and oxygen atoms in total. The van der Waals surface area contributed by atoms with Gasteiger partial charge in [0.25, 0.3) is 0 Å². The molecule has 3 saturated heterocycles. The van der Waals surface area contributed by atoms with Gasteiger partial charge in [-0.15, -0.1) is 6.58 Å². The molecule has 0 saturated carbocycles. The van der Waals surface area contributed by atoms with Crippen LogP contribution in [0.5, 0.6) is 0 Å². The number of methoxy groups -OCH3 is 1. The lowest BCUT2D eigenvalue weighted by molar-refractivity contribution is -0.0601. The van der Waals surface area contributed by atoms with E-state index in [0.29, 0.717) is 30.4 Å². The summed E-state index contributed by atoms with van der Waals surface area (Å²) in [5.74, 6) is 1.95. The minimum absolute atomic E-state index is 0.0179. The highest BCUT2D eigenvalue weighted by Gasteiger charge is 2.43. The zero-order chi connectivity index (χ0) is 22.5. The SMILES string of the molecule is C=C[C@H]1CN2CC[C@H]1C[C@H]2[C@@H](OC)c1cc(C2=N[C@@H](C(C)(C)C)CO2)nc2ccccc12. The van der Waals surface area contributed by atoms with Gasteiger partial charge in [0.2, 0.25) is 5.90 Å². The first-order chi connectivity index (χ1) is 15.4. The molecule has 1 aromatic carbocycles. The number of benzene rings is 1. The van der Waals surface area contributed by atoms with Gasteiger partial charge in [0.15, 0.2) is 0 Å². The van der Waals surface area contributed by atoms with Crippen molar-refractivity contribution in [3.8, 4) is 0 Å². The largest absolute Gasteiger partial charge is 0.474 e. The van der Waals surface area contributed by atoms with Crippen molar-refractivity contribution in [2.24, 2.45) is 22.2 Å². The van der Waals surface area contributed by atoms with E-state index in [4.69, 9.17) is 19.5 Å². The van der Waals surface area contributed by atoms with Gasteiger partial charge in [-0.05, 0) is 54.3 Å². The molecule has 0 radical (unpaired) electrons. The molecule has 6 atom stereocenters. The molecular formula is C27H35N3O2. The Hall–Kier alpha value is -2.24. The fourth-order valence-corrected chi connectivity index (χ4v) is 5.69. The van der Waals surface area contributed by atoms with Crippen molar-refractivity contribution in [1.29, 1.82) is 0 Å². The predicted octanol–water partition coefficient (Wildman–Crippen LogP) is 5.01. The highest BCUT2D eigenvalue weighted by atomic mass is 16.5. The first-order valence-electron chi connectivity index (χ1n) is 11.9. The number of nitrogens with zero attached hydrogens (tertiary/aromatic N) is 3. The number of fused-ring (bicyclic) bond motifs is 4. The topological polar surface area (TPSA) is 47.0 Å². The number of para-hydroxylation sites is 1. The van der Waals surface area contributed by atoms with Gasteiger partial charge in [-0.2, -0.15) is 0 Å². The highest BCUT2D eigenvalue weighted by molar-refractivity contribution is 5.97. The maximum atomic E-state index is 6.22. The van der Waals surface area contributed by atoms with Crippen LogP contribution in [0.1, 0.15) is 51.0 Å². The first-order valence-corrected chi connectivity index (χ1v) is 11.9. The molecule has 0 aliphatic carbocycles. The van der Waals surface area contributed by atoms with Crippen LogP contribution < -0.4 is 0 Å². The number of aliphatic imine (C=N–C) groups is 1. The van der Waals surface area contributed by atoms with E-state index in [0.717, 1.165) is 36.1 Å². The second-order valence-corrected chi connectivity index (χ2v) is 10.6. The van der Waals surface area contributed by atoms with Crippen molar-refractivity contribution in [2.45, 2.75) is 51.8 Å². The Morgan fingerprint density at radius 3 is 2.75 bits per heavy atom. The number of aromatic nitrogens is 1. The van der Waals surface area contributed by atoms with Crippen molar-refractivity contribution in [3.63, 3.8) is 0 Å². The van der Waals surface area contributed by atoms with Crippen molar-refractivity contribution >= 4 is 16.8 Å². The average molecular weight is 434 g/mol. The third-order valence-corrected chi connectivity index (χ3v) is 7.68. The third-order valence-electron chi connectivity index (χ3n) is 7.68. The van der Waals surface area contributed by atoms with E-state index < -0.39 is 0 Å². The molecule has 1 aromatic heterocycles. The number of hydrogen-bond acceptors (Lipinski definition) is 5. The molecule has 0 spiro atoms. The zero-order valence-corrected chi connectivity index (χ0v) is 19.8. The van der Waals surface area contributed by atoms with E-state index in [1.54, 1.807) is 0 Å². The summed E-state index contributed by atoms with van der Waals surface area (Å²) < 4.78 is 12.3. The van der Waals surface area contributed by atoms with Crippen LogP contribution in [0, 0.1) is 17.3 Å². The van der Waals surface area contributed by atoms with Crippen molar-refractivity contribution < 1.29 is 9.47 Å². The molecule has 5 heteroatoms. The summed E-state index contributed by atoms with van der Waals surface area (Å²) in [7, 11) is 1.84. The van der Waals surface area contributed by atoms with Gasteiger partial charge in [-0.3, -0.25) is 4.90 Å². The van der Waals surface area contributed by atoms with Crippen molar-refractivity contribution in [2.75, 3.05) is 26.8 Å². The second kappa shape index (κ2) is 8.27. The number of pyridine rings is 1. The normalized spacial score (nSPS) is 30.8. The molecule has 2 aromatic rings. The van der Waals surface area contributed by atoms with Crippen LogP contribution >= 0.6 is 0 Å². The maximum absolute atomic E-state index is 6.22. The fraction of sp³-hybridized carbons (Fsp3) is 0.556. The predicted molar refractivity (Wildman–Crippen MR) is 129 cm³/mol. The quantitative estimate of drug-likeness (QED) is 0.622. The summed E-state index contributed by atoms with van der Waals surface area (Å²) >= 11 is 0. The van der Waals surface area contributed by atoms with Gasteiger partial charge >= 0.3 is 0 Å². The summed E-state index contributed by atoms with van der Waals surface area (Å²) in [6.07, 6.45) is 4.53. The summed E-state index contributed by atoms with van der Waals surface area (Å²) in [5.41, 5.74) is 3.03. The van der Waals surface area contributed by atoms with E-state index in [9.17, 15) is 0 Å². The smallest absolute Gasteiger partial charge is 0.235 e. The number of rotatable bonds is 5. The zero-order valence-electron chi connectivity index (χ0n) is 19.8. The number of ether oxygens (including phenoxy) is 2. The van der Waals surface area contributed by atoms with E-state index in [-0.39, 0.29) is 17.6 Å². The van der Waals surface area contributed by atoms with Gasteiger partial charge < -0.3 is 9.47 Å². The van der Waals surface area contributed by atoms with Crippen LogP contribution in [0.3, 0.4) is 0 Å². The average Bonchev–Trinajstić information content (AvgIpc) is 3.31. The standard InChI is InChI=1S/C27H35N3O2/c1-6-17-15-30-12-11-18(17)13-23(30)25(31-5)20-14-22(28-21-10-8-7-9-19(20)21)26-29-24(16-32-26)27(2,3)4/h6-10,14,17-18,23-25H,1,11-13,15-16H2,2-5H3/t17-,18-,23-,24+,25-/m0/s1. The Morgan fingerprint density at radius 2 is 2.09 bits per heavy atom. The molecule has 1 unspecified atom stereocenters. The first kappa shape index (κ1) is 21.6. The van der Waals surface area contributed by atoms with Gasteiger partial charge in [0.1, 0.15) is 12.3 Å². The molecule has 4 aliphatic rings. The molecule has 6 rings (SSSR count). The van der Waals surface area contributed by atoms with Crippen LogP contribution in [-0.4, -0.2) is 54.7 Å². The highest BCUT2D eigenvalue weighted by Crippen LogP contribution is 2.43. The Kier molecular flexibility index (Phi) is 5.58. The van der Waals surface area contributed by atoms with Crippen molar-refractivity contribution in [1.82, 2.24) is 9.88 Å². The fourth-order valence-electron chi connectivity index (χ4n) is 5.69. The summed E-state index contributed by atoms with van der Waals surface area (Å²) in [4.78, 5) is 12.4. The van der Waals surface area contributed by atoms with Gasteiger partial charge in [0.05, 0.1) is 17.7 Å². The Labute approximate surface area is 191 Å². The Bertz CT molecular complexity index is 1040. The lowest BCUT2D eigenvalue weighted by Gasteiger charge is -2.51. The minimum Gasteiger partial charge on any atom is -0.474 e. The van der Waals surface area contributed by atoms with Crippen LogP contribution in [0.25, 0.3) is 10.9 Å². The molecule has 170 valence electrons. The molecule has 3 fully saturated rings. The summed E-state index contributed by atoms with van der Waals surface area (Å²) in [5, 5.41) is 1.15. The number of hydrogen-bond donors (Lipinski definition) is 0. The van der Waals surface area contributed by atoms with Gasteiger partial charge in [-0.1, -0.05) is 45.0 Å². The number of piperidine rings is 3. The second-order valence-electron chi connectivity index (χ2n) is 10.6.